The molecule has 2 heterocycles. The Hall–Kier alpha value is -4.26. The summed E-state index contributed by atoms with van der Waals surface area (Å²) >= 11 is 0. The smallest absolute Gasteiger partial charge is 0.258 e. The van der Waals surface area contributed by atoms with Gasteiger partial charge < -0.3 is 14.7 Å². The van der Waals surface area contributed by atoms with Gasteiger partial charge in [-0.2, -0.15) is 0 Å². The van der Waals surface area contributed by atoms with Gasteiger partial charge in [0.2, 0.25) is 0 Å². The van der Waals surface area contributed by atoms with Crippen molar-refractivity contribution < 1.29 is 18.5 Å². The van der Waals surface area contributed by atoms with Gasteiger partial charge in [0.1, 0.15) is 5.82 Å². The number of aryl methyl sites for hydroxylation is 1. The normalized spacial score (nSPS) is 12.5. The van der Waals surface area contributed by atoms with Crippen molar-refractivity contribution in [1.29, 1.82) is 0 Å². The summed E-state index contributed by atoms with van der Waals surface area (Å²) in [6.07, 6.45) is 2.32. The van der Waals surface area contributed by atoms with Crippen LogP contribution < -0.4 is 10.2 Å². The molecule has 3 aromatic carbocycles. The summed E-state index contributed by atoms with van der Waals surface area (Å²) < 4.78 is 19.3. The summed E-state index contributed by atoms with van der Waals surface area (Å²) in [6.45, 7) is 3.88. The van der Waals surface area contributed by atoms with E-state index < -0.39 is 11.7 Å². The molecule has 34 heavy (non-hydrogen) atoms. The molecular formula is C27H22FN3O3. The van der Waals surface area contributed by atoms with E-state index in [4.69, 9.17) is 4.52 Å². The van der Waals surface area contributed by atoms with Crippen molar-refractivity contribution in [3.05, 3.63) is 100 Å². The largest absolute Gasteiger partial charge is 0.356 e. The average Bonchev–Trinajstić information content (AvgIpc) is 3.23. The Morgan fingerprint density at radius 3 is 2.68 bits per heavy atom. The molecule has 2 amide bonds. The van der Waals surface area contributed by atoms with Crippen LogP contribution in [0.25, 0.3) is 11.3 Å². The lowest BCUT2D eigenvalue weighted by Crippen LogP contribution is -2.33. The first-order valence-electron chi connectivity index (χ1n) is 11.0. The Kier molecular flexibility index (Phi) is 5.45. The number of anilines is 2. The van der Waals surface area contributed by atoms with Crippen molar-refractivity contribution in [2.24, 2.45) is 0 Å². The molecule has 7 heteroatoms. The number of amides is 2. The lowest BCUT2D eigenvalue weighted by molar-refractivity contribution is 0.0985. The van der Waals surface area contributed by atoms with E-state index in [1.165, 1.54) is 12.1 Å². The minimum absolute atomic E-state index is 0.137. The number of nitrogens with one attached hydrogen (secondary N) is 1. The van der Waals surface area contributed by atoms with Crippen molar-refractivity contribution in [3.8, 4) is 11.3 Å². The molecule has 1 aromatic heterocycles. The van der Waals surface area contributed by atoms with Crippen molar-refractivity contribution in [3.63, 3.8) is 0 Å². The molecule has 1 aliphatic heterocycles. The molecule has 0 bridgehead atoms. The van der Waals surface area contributed by atoms with Gasteiger partial charge in [0.05, 0.1) is 11.9 Å². The fourth-order valence-corrected chi connectivity index (χ4v) is 4.30. The number of para-hydroxylation sites is 1. The monoisotopic (exact) mass is 455 g/mol. The van der Waals surface area contributed by atoms with E-state index in [1.54, 1.807) is 42.3 Å². The van der Waals surface area contributed by atoms with E-state index in [9.17, 15) is 14.0 Å². The van der Waals surface area contributed by atoms with E-state index in [0.29, 0.717) is 30.0 Å². The van der Waals surface area contributed by atoms with E-state index in [1.807, 2.05) is 31.2 Å². The maximum absolute atomic E-state index is 13.8. The average molecular weight is 455 g/mol. The Balaban J connectivity index is 1.42. The maximum Gasteiger partial charge on any atom is 0.258 e. The summed E-state index contributed by atoms with van der Waals surface area (Å²) in [7, 11) is 0. The van der Waals surface area contributed by atoms with Crippen LogP contribution >= 0.6 is 0 Å². The van der Waals surface area contributed by atoms with Gasteiger partial charge in [0.15, 0.2) is 5.76 Å². The minimum Gasteiger partial charge on any atom is -0.356 e. The Morgan fingerprint density at radius 2 is 1.85 bits per heavy atom. The third-order valence-electron chi connectivity index (χ3n) is 6.16. The Bertz CT molecular complexity index is 1430. The highest BCUT2D eigenvalue weighted by Gasteiger charge is 2.28. The van der Waals surface area contributed by atoms with Crippen molar-refractivity contribution >= 4 is 23.2 Å². The Labute approximate surface area is 196 Å². The molecule has 0 fully saturated rings. The van der Waals surface area contributed by atoms with Crippen molar-refractivity contribution in [2.75, 3.05) is 16.8 Å². The number of carbonyl (C=O) groups excluding carboxylic acids is 2. The third kappa shape index (κ3) is 3.75. The molecule has 0 saturated carbocycles. The fourth-order valence-electron chi connectivity index (χ4n) is 4.30. The molecular weight excluding hydrogens is 433 g/mol. The topological polar surface area (TPSA) is 75.4 Å². The molecule has 1 aliphatic rings. The number of nitrogens with zero attached hydrogens (tertiary/aromatic N) is 2. The van der Waals surface area contributed by atoms with E-state index >= 15 is 0 Å². The number of rotatable bonds is 3. The summed E-state index contributed by atoms with van der Waals surface area (Å²) in [5, 5.41) is 6.72. The molecule has 0 spiro atoms. The maximum atomic E-state index is 13.8. The van der Waals surface area contributed by atoms with Crippen LogP contribution in [-0.4, -0.2) is 23.5 Å². The van der Waals surface area contributed by atoms with Gasteiger partial charge in [-0.1, -0.05) is 23.4 Å². The van der Waals surface area contributed by atoms with E-state index in [2.05, 4.69) is 10.5 Å². The second-order valence-electron chi connectivity index (χ2n) is 8.30. The zero-order valence-electron chi connectivity index (χ0n) is 18.8. The lowest BCUT2D eigenvalue weighted by Gasteiger charge is -2.24. The number of hydrogen-bond donors (Lipinski definition) is 1. The van der Waals surface area contributed by atoms with Crippen LogP contribution in [-0.2, 0) is 6.42 Å². The molecule has 6 nitrogen and oxygen atoms in total. The molecule has 0 saturated heterocycles. The van der Waals surface area contributed by atoms with Gasteiger partial charge in [0.25, 0.3) is 11.8 Å². The highest BCUT2D eigenvalue weighted by atomic mass is 19.1. The number of fused-ring (bicyclic) bond motifs is 3. The van der Waals surface area contributed by atoms with E-state index in [-0.39, 0.29) is 17.0 Å². The second kappa shape index (κ2) is 8.59. The molecule has 0 radical (unpaired) electrons. The molecule has 0 aliphatic carbocycles. The minimum atomic E-state index is -0.431. The van der Waals surface area contributed by atoms with Crippen LogP contribution in [0.5, 0.6) is 0 Å². The number of hydrogen-bond acceptors (Lipinski definition) is 4. The number of benzene rings is 3. The van der Waals surface area contributed by atoms with Crippen molar-refractivity contribution in [2.45, 2.75) is 20.3 Å². The van der Waals surface area contributed by atoms with Gasteiger partial charge in [0, 0.05) is 34.5 Å². The van der Waals surface area contributed by atoms with Crippen LogP contribution in [0.1, 0.15) is 37.4 Å². The van der Waals surface area contributed by atoms with Crippen LogP contribution in [0, 0.1) is 19.7 Å². The van der Waals surface area contributed by atoms with Crippen LogP contribution in [0.2, 0.25) is 0 Å². The second-order valence-corrected chi connectivity index (χ2v) is 8.30. The molecule has 4 aromatic rings. The van der Waals surface area contributed by atoms with Gasteiger partial charge in [-0.05, 0) is 73.9 Å². The zero-order chi connectivity index (χ0) is 23.8. The third-order valence-corrected chi connectivity index (χ3v) is 6.16. The Morgan fingerprint density at radius 1 is 1.03 bits per heavy atom. The molecule has 0 atom stereocenters. The number of halogens is 1. The summed E-state index contributed by atoms with van der Waals surface area (Å²) in [6, 6.07) is 17.2. The van der Waals surface area contributed by atoms with Crippen LogP contribution in [0.15, 0.2) is 71.4 Å². The van der Waals surface area contributed by atoms with Crippen LogP contribution in [0.4, 0.5) is 15.8 Å². The molecule has 5 rings (SSSR count). The molecule has 170 valence electrons. The SMILES string of the molecule is Cc1cc(NC(=O)c2cccc(F)c2C)ccc1C(=O)N1CCc2cnoc2-c2ccccc21. The van der Waals surface area contributed by atoms with E-state index in [0.717, 1.165) is 22.4 Å². The van der Waals surface area contributed by atoms with Gasteiger partial charge >= 0.3 is 0 Å². The van der Waals surface area contributed by atoms with Crippen LogP contribution in [0.3, 0.4) is 0 Å². The highest BCUT2D eigenvalue weighted by molar-refractivity contribution is 6.10. The first-order valence-corrected chi connectivity index (χ1v) is 11.0. The number of aromatic nitrogens is 1. The van der Waals surface area contributed by atoms with Gasteiger partial charge in [-0.3, -0.25) is 9.59 Å². The number of carbonyl (C=O) groups is 2. The van der Waals surface area contributed by atoms with Crippen molar-refractivity contribution in [1.82, 2.24) is 5.16 Å². The quantitative estimate of drug-likeness (QED) is 0.439. The molecule has 0 unspecified atom stereocenters. The van der Waals surface area contributed by atoms with Gasteiger partial charge in [-0.25, -0.2) is 4.39 Å². The summed E-state index contributed by atoms with van der Waals surface area (Å²) in [4.78, 5) is 28.0. The molecule has 1 N–H and O–H groups in total. The standard InChI is InChI=1S/C27H22FN3O3/c1-16-14-19(30-26(32)21-7-5-8-23(28)17(21)2)10-11-20(16)27(33)31-13-12-18-15-29-34-25(18)22-6-3-4-9-24(22)31/h3-11,14-15H,12-13H2,1-2H3,(H,30,32). The predicted molar refractivity (Wildman–Crippen MR) is 128 cm³/mol. The first kappa shape index (κ1) is 21.6. The highest BCUT2D eigenvalue weighted by Crippen LogP contribution is 2.37. The summed E-state index contributed by atoms with van der Waals surface area (Å²) in [5.74, 6) is -0.283. The fraction of sp³-hybridized carbons (Fsp3) is 0.148. The first-order chi connectivity index (χ1) is 16.4. The predicted octanol–water partition coefficient (Wildman–Crippen LogP) is 5.55. The summed E-state index contributed by atoms with van der Waals surface area (Å²) in [5.41, 5.74) is 4.90. The van der Waals surface area contributed by atoms with Gasteiger partial charge in [-0.15, -0.1) is 0 Å². The lowest BCUT2D eigenvalue weighted by atomic mass is 10.0. The zero-order valence-corrected chi connectivity index (χ0v) is 18.8.